The Balaban J connectivity index is 2.24. The number of halogens is 3. The molecule has 0 radical (unpaired) electrons. The zero-order chi connectivity index (χ0) is 14.3. The lowest BCUT2D eigenvalue weighted by molar-refractivity contribution is -0.166. The molecule has 0 amide bonds. The van der Waals surface area contributed by atoms with Gasteiger partial charge in [0.2, 0.25) is 0 Å². The van der Waals surface area contributed by atoms with Crippen LogP contribution in [0, 0.1) is 0 Å². The molecular formula is C11H10F3N3O2. The summed E-state index contributed by atoms with van der Waals surface area (Å²) in [6, 6.07) is 4.24. The van der Waals surface area contributed by atoms with Crippen LogP contribution in [0.3, 0.4) is 0 Å². The van der Waals surface area contributed by atoms with E-state index in [0.29, 0.717) is 5.56 Å². The molecule has 1 aliphatic heterocycles. The summed E-state index contributed by atoms with van der Waals surface area (Å²) in [5.74, 6) is -1.21. The van der Waals surface area contributed by atoms with Gasteiger partial charge in [0.15, 0.2) is 0 Å². The van der Waals surface area contributed by atoms with E-state index in [0.717, 1.165) is 0 Å². The number of hydrogen-bond donors (Lipinski definition) is 2. The highest BCUT2D eigenvalue weighted by molar-refractivity contribution is 5.73. The highest BCUT2D eigenvalue weighted by atomic mass is 19.4. The Morgan fingerprint density at radius 2 is 2.05 bits per heavy atom. The van der Waals surface area contributed by atoms with E-state index in [2.05, 4.69) is 10.2 Å². The van der Waals surface area contributed by atoms with Gasteiger partial charge in [0.05, 0.1) is 0 Å². The molecule has 8 heteroatoms. The summed E-state index contributed by atoms with van der Waals surface area (Å²) >= 11 is 0. The molecule has 3 N–H and O–H groups in total. The van der Waals surface area contributed by atoms with E-state index < -0.39 is 23.9 Å². The Labute approximate surface area is 105 Å². The fourth-order valence-electron chi connectivity index (χ4n) is 1.70. The first kappa shape index (κ1) is 13.5. The van der Waals surface area contributed by atoms with Gasteiger partial charge >= 0.3 is 17.8 Å². The summed E-state index contributed by atoms with van der Waals surface area (Å²) < 4.78 is 38.4. The monoisotopic (exact) mass is 273 g/mol. The first-order valence-electron chi connectivity index (χ1n) is 5.35. The zero-order valence-electron chi connectivity index (χ0n) is 9.55. The Hall–Kier alpha value is -1.96. The third-order valence-corrected chi connectivity index (χ3v) is 2.80. The Morgan fingerprint density at radius 3 is 2.53 bits per heavy atom. The molecule has 102 valence electrons. The average molecular weight is 273 g/mol. The normalized spacial score (nSPS) is 18.1. The number of alkyl halides is 3. The van der Waals surface area contributed by atoms with Gasteiger partial charge < -0.3 is 10.8 Å². The summed E-state index contributed by atoms with van der Waals surface area (Å²) in [5, 5.41) is 14.8. The van der Waals surface area contributed by atoms with Crippen LogP contribution >= 0.6 is 0 Å². The van der Waals surface area contributed by atoms with E-state index in [1.165, 1.54) is 24.3 Å². The van der Waals surface area contributed by atoms with Crippen LogP contribution in [0.15, 0.2) is 34.5 Å². The van der Waals surface area contributed by atoms with Crippen LogP contribution < -0.4 is 5.73 Å². The molecule has 19 heavy (non-hydrogen) atoms. The van der Waals surface area contributed by atoms with Crippen molar-refractivity contribution in [3.05, 3.63) is 35.4 Å². The van der Waals surface area contributed by atoms with Crippen molar-refractivity contribution in [2.75, 3.05) is 0 Å². The number of nitrogens with two attached hydrogens (primary N) is 1. The lowest BCUT2D eigenvalue weighted by atomic mass is 9.97. The summed E-state index contributed by atoms with van der Waals surface area (Å²) in [6.07, 6.45) is -4.66. The summed E-state index contributed by atoms with van der Waals surface area (Å²) in [5.41, 5.74) is 3.12. The number of rotatable bonds is 4. The highest BCUT2D eigenvalue weighted by Gasteiger charge is 2.65. The first-order chi connectivity index (χ1) is 8.76. The minimum Gasteiger partial charge on any atom is -0.480 e. The number of carboxylic acids is 1. The Morgan fingerprint density at radius 1 is 1.42 bits per heavy atom. The van der Waals surface area contributed by atoms with Gasteiger partial charge in [-0.15, -0.1) is 10.2 Å². The van der Waals surface area contributed by atoms with E-state index >= 15 is 0 Å². The van der Waals surface area contributed by atoms with Crippen LogP contribution in [0.1, 0.15) is 11.1 Å². The van der Waals surface area contributed by atoms with Crippen LogP contribution in [-0.4, -0.2) is 23.3 Å². The van der Waals surface area contributed by atoms with Crippen molar-refractivity contribution in [3.63, 3.8) is 0 Å². The summed E-state index contributed by atoms with van der Waals surface area (Å²) in [6.45, 7) is 0. The molecule has 0 saturated carbocycles. The smallest absolute Gasteiger partial charge is 0.442 e. The molecule has 0 aromatic heterocycles. The van der Waals surface area contributed by atoms with E-state index in [1.807, 2.05) is 0 Å². The minimum atomic E-state index is -4.60. The van der Waals surface area contributed by atoms with Crippen LogP contribution in [0.4, 0.5) is 13.2 Å². The topological polar surface area (TPSA) is 88.0 Å². The van der Waals surface area contributed by atoms with Crippen LogP contribution in [-0.2, 0) is 16.9 Å². The summed E-state index contributed by atoms with van der Waals surface area (Å²) in [4.78, 5) is 10.6. The zero-order valence-corrected chi connectivity index (χ0v) is 9.55. The van der Waals surface area contributed by atoms with Gasteiger partial charge in [-0.25, -0.2) is 0 Å². The first-order valence-corrected chi connectivity index (χ1v) is 5.35. The molecule has 2 rings (SSSR count). The maximum absolute atomic E-state index is 12.8. The number of hydrogen-bond acceptors (Lipinski definition) is 4. The molecule has 0 aliphatic carbocycles. The van der Waals surface area contributed by atoms with Crippen molar-refractivity contribution >= 4 is 5.97 Å². The SMILES string of the molecule is N[C@H](Cc1cccc(C2(C(F)(F)F)N=N2)c1)C(=O)O. The van der Waals surface area contributed by atoms with E-state index in [-0.39, 0.29) is 12.0 Å². The molecule has 5 nitrogen and oxygen atoms in total. The molecule has 0 unspecified atom stereocenters. The molecular weight excluding hydrogens is 263 g/mol. The van der Waals surface area contributed by atoms with Crippen molar-refractivity contribution in [2.45, 2.75) is 24.3 Å². The van der Waals surface area contributed by atoms with E-state index in [9.17, 15) is 18.0 Å². The molecule has 0 spiro atoms. The second-order valence-corrected chi connectivity index (χ2v) is 4.22. The number of benzene rings is 1. The average Bonchev–Trinajstić information content (AvgIpc) is 3.09. The molecule has 1 aromatic carbocycles. The van der Waals surface area contributed by atoms with Gasteiger partial charge in [-0.2, -0.15) is 13.2 Å². The van der Waals surface area contributed by atoms with Gasteiger partial charge in [-0.3, -0.25) is 4.79 Å². The molecule has 1 aliphatic rings. The molecule has 0 fully saturated rings. The standard InChI is InChI=1S/C11H10F3N3O2/c12-11(13,14)10(16-17-10)7-3-1-2-6(4-7)5-8(15)9(18)19/h1-4,8H,5,15H2,(H,18,19)/t8-/m1/s1. The number of carbonyl (C=O) groups is 1. The van der Waals surface area contributed by atoms with E-state index in [4.69, 9.17) is 10.8 Å². The fourth-order valence-corrected chi connectivity index (χ4v) is 1.70. The maximum Gasteiger partial charge on any atom is 0.442 e. The van der Waals surface area contributed by atoms with Crippen molar-refractivity contribution < 1.29 is 23.1 Å². The highest BCUT2D eigenvalue weighted by Crippen LogP contribution is 2.52. The molecule has 1 aromatic rings. The maximum atomic E-state index is 12.8. The number of carboxylic acid groups (broad SMARTS) is 1. The predicted molar refractivity (Wildman–Crippen MR) is 58.3 cm³/mol. The largest absolute Gasteiger partial charge is 0.480 e. The minimum absolute atomic E-state index is 0.0584. The predicted octanol–water partition coefficient (Wildman–Crippen LogP) is 1.82. The van der Waals surface area contributed by atoms with Crippen molar-refractivity contribution in [1.29, 1.82) is 0 Å². The van der Waals surface area contributed by atoms with Gasteiger partial charge in [-0.1, -0.05) is 24.3 Å². The van der Waals surface area contributed by atoms with Crippen LogP contribution in [0.25, 0.3) is 0 Å². The van der Waals surface area contributed by atoms with Crippen molar-refractivity contribution in [1.82, 2.24) is 0 Å². The van der Waals surface area contributed by atoms with Crippen molar-refractivity contribution in [3.8, 4) is 0 Å². The van der Waals surface area contributed by atoms with Gasteiger partial charge in [0, 0.05) is 5.56 Å². The van der Waals surface area contributed by atoms with Gasteiger partial charge in [-0.05, 0) is 12.0 Å². The van der Waals surface area contributed by atoms with E-state index in [1.54, 1.807) is 0 Å². The summed E-state index contributed by atoms with van der Waals surface area (Å²) in [7, 11) is 0. The molecule has 1 atom stereocenters. The van der Waals surface area contributed by atoms with Crippen LogP contribution in [0.5, 0.6) is 0 Å². The quantitative estimate of drug-likeness (QED) is 0.877. The Kier molecular flexibility index (Phi) is 3.05. The third-order valence-electron chi connectivity index (χ3n) is 2.80. The third kappa shape index (κ3) is 2.43. The molecule has 1 heterocycles. The number of aliphatic carboxylic acids is 1. The fraction of sp³-hybridized carbons (Fsp3) is 0.364. The number of nitrogens with zero attached hydrogens (tertiary/aromatic N) is 2. The van der Waals surface area contributed by atoms with Crippen LogP contribution in [0.2, 0.25) is 0 Å². The molecule has 0 saturated heterocycles. The molecule has 0 bridgehead atoms. The Bertz CT molecular complexity index is 536. The van der Waals surface area contributed by atoms with Gasteiger partial charge in [0.1, 0.15) is 6.04 Å². The van der Waals surface area contributed by atoms with Crippen molar-refractivity contribution in [2.24, 2.45) is 16.0 Å². The second-order valence-electron chi connectivity index (χ2n) is 4.22. The lowest BCUT2D eigenvalue weighted by Gasteiger charge is -2.16. The second kappa shape index (κ2) is 4.30. The lowest BCUT2D eigenvalue weighted by Crippen LogP contribution is -2.33. The van der Waals surface area contributed by atoms with Gasteiger partial charge in [0.25, 0.3) is 0 Å².